The predicted molar refractivity (Wildman–Crippen MR) is 65.2 cm³/mol. The van der Waals surface area contributed by atoms with Gasteiger partial charge in [-0.3, -0.25) is 0 Å². The van der Waals surface area contributed by atoms with Gasteiger partial charge in [-0.25, -0.2) is 13.1 Å². The Bertz CT molecular complexity index is 425. The average molecular weight is 263 g/mol. The van der Waals surface area contributed by atoms with Crippen molar-refractivity contribution in [3.8, 4) is 0 Å². The molecule has 1 atom stereocenters. The summed E-state index contributed by atoms with van der Waals surface area (Å²) in [5.74, 6) is 0. The summed E-state index contributed by atoms with van der Waals surface area (Å²) in [6.45, 7) is 3.76. The second-order valence-corrected chi connectivity index (χ2v) is 6.98. The lowest BCUT2D eigenvalue weighted by molar-refractivity contribution is 0.279. The highest BCUT2D eigenvalue weighted by atomic mass is 32.2. The van der Waals surface area contributed by atoms with Gasteiger partial charge in [0.15, 0.2) is 0 Å². The van der Waals surface area contributed by atoms with Crippen molar-refractivity contribution in [2.75, 3.05) is 6.61 Å². The van der Waals surface area contributed by atoms with Crippen molar-refractivity contribution in [2.24, 2.45) is 0 Å². The number of rotatable bonds is 6. The molecule has 0 aromatic carbocycles. The first-order valence-corrected chi connectivity index (χ1v) is 7.45. The Morgan fingerprint density at radius 1 is 1.50 bits per heavy atom. The molecular weight excluding hydrogens is 246 g/mol. The number of thiophene rings is 1. The summed E-state index contributed by atoms with van der Waals surface area (Å²) in [5.41, 5.74) is 0. The minimum atomic E-state index is -3.38. The fourth-order valence-corrected chi connectivity index (χ4v) is 3.91. The number of aliphatic hydroxyl groups excluding tert-OH is 1. The molecule has 1 rings (SSSR count). The molecule has 0 fully saturated rings. The molecule has 0 amide bonds. The van der Waals surface area contributed by atoms with Crippen LogP contribution in [0.25, 0.3) is 0 Å². The molecular formula is C10H17NO3S2. The van der Waals surface area contributed by atoms with Gasteiger partial charge in [-0.2, -0.15) is 0 Å². The summed E-state index contributed by atoms with van der Waals surface area (Å²) in [6.07, 6.45) is 1.24. The standard InChI is InChI=1S/C10H17NO3S2/c1-8(4-3-7-12)11-16(13,14)10-6-5-9(2)15-10/h5-6,8,11-12H,3-4,7H2,1-2H3. The van der Waals surface area contributed by atoms with E-state index >= 15 is 0 Å². The lowest BCUT2D eigenvalue weighted by Crippen LogP contribution is -2.32. The normalized spacial score (nSPS) is 13.9. The minimum Gasteiger partial charge on any atom is -0.396 e. The topological polar surface area (TPSA) is 66.4 Å². The smallest absolute Gasteiger partial charge is 0.250 e. The van der Waals surface area contributed by atoms with Gasteiger partial charge in [-0.1, -0.05) is 0 Å². The van der Waals surface area contributed by atoms with Crippen molar-refractivity contribution in [1.29, 1.82) is 0 Å². The van der Waals surface area contributed by atoms with Crippen LogP contribution >= 0.6 is 11.3 Å². The van der Waals surface area contributed by atoms with Gasteiger partial charge in [-0.15, -0.1) is 11.3 Å². The SMILES string of the molecule is Cc1ccc(S(=O)(=O)NC(C)CCCO)s1. The zero-order chi connectivity index (χ0) is 12.2. The number of hydrogen-bond acceptors (Lipinski definition) is 4. The molecule has 92 valence electrons. The Hall–Kier alpha value is -0.430. The first-order chi connectivity index (χ1) is 7.45. The maximum absolute atomic E-state index is 11.9. The van der Waals surface area contributed by atoms with Crippen molar-refractivity contribution >= 4 is 21.4 Å². The van der Waals surface area contributed by atoms with Crippen LogP contribution < -0.4 is 4.72 Å². The van der Waals surface area contributed by atoms with Gasteiger partial charge < -0.3 is 5.11 Å². The number of aryl methyl sites for hydroxylation is 1. The Morgan fingerprint density at radius 2 is 2.19 bits per heavy atom. The number of nitrogens with one attached hydrogen (secondary N) is 1. The molecule has 6 heteroatoms. The first-order valence-electron chi connectivity index (χ1n) is 5.15. The van der Waals surface area contributed by atoms with Gasteiger partial charge >= 0.3 is 0 Å². The van der Waals surface area contributed by atoms with E-state index in [9.17, 15) is 8.42 Å². The average Bonchev–Trinajstić information content (AvgIpc) is 2.62. The molecule has 1 unspecified atom stereocenters. The van der Waals surface area contributed by atoms with E-state index in [-0.39, 0.29) is 12.6 Å². The van der Waals surface area contributed by atoms with Gasteiger partial charge in [0.1, 0.15) is 4.21 Å². The van der Waals surface area contributed by atoms with Gasteiger partial charge in [0.25, 0.3) is 0 Å². The minimum absolute atomic E-state index is 0.0875. The molecule has 1 heterocycles. The van der Waals surface area contributed by atoms with Crippen LogP contribution in [0.4, 0.5) is 0 Å². The summed E-state index contributed by atoms with van der Waals surface area (Å²) in [7, 11) is -3.38. The third-order valence-corrected chi connectivity index (χ3v) is 5.21. The number of sulfonamides is 1. The molecule has 0 aliphatic heterocycles. The van der Waals surface area contributed by atoms with E-state index in [1.54, 1.807) is 19.1 Å². The van der Waals surface area contributed by atoms with E-state index in [0.29, 0.717) is 17.1 Å². The van der Waals surface area contributed by atoms with Crippen LogP contribution in [-0.2, 0) is 10.0 Å². The van der Waals surface area contributed by atoms with Crippen LogP contribution in [0.1, 0.15) is 24.6 Å². The molecule has 0 spiro atoms. The van der Waals surface area contributed by atoms with Crippen molar-refractivity contribution in [1.82, 2.24) is 4.72 Å². The Kier molecular flexibility index (Phi) is 4.91. The number of aliphatic hydroxyl groups is 1. The molecule has 0 saturated heterocycles. The van der Waals surface area contributed by atoms with Crippen molar-refractivity contribution in [2.45, 2.75) is 36.9 Å². The van der Waals surface area contributed by atoms with Crippen molar-refractivity contribution in [3.63, 3.8) is 0 Å². The molecule has 1 aromatic heterocycles. The van der Waals surface area contributed by atoms with E-state index in [1.807, 2.05) is 6.92 Å². The second-order valence-electron chi connectivity index (χ2n) is 3.75. The highest BCUT2D eigenvalue weighted by Gasteiger charge is 2.18. The van der Waals surface area contributed by atoms with Crippen LogP contribution in [-0.4, -0.2) is 26.2 Å². The summed E-state index contributed by atoms with van der Waals surface area (Å²) in [4.78, 5) is 0.975. The van der Waals surface area contributed by atoms with Crippen LogP contribution in [0.3, 0.4) is 0 Å². The zero-order valence-electron chi connectivity index (χ0n) is 9.43. The molecule has 0 aliphatic carbocycles. The summed E-state index contributed by atoms with van der Waals surface area (Å²) >= 11 is 1.26. The van der Waals surface area contributed by atoms with Crippen LogP contribution in [0, 0.1) is 6.92 Å². The van der Waals surface area contributed by atoms with Crippen LogP contribution in [0.5, 0.6) is 0 Å². The molecule has 0 aliphatic rings. The summed E-state index contributed by atoms with van der Waals surface area (Å²) in [5, 5.41) is 8.66. The molecule has 4 nitrogen and oxygen atoms in total. The fraction of sp³-hybridized carbons (Fsp3) is 0.600. The van der Waals surface area contributed by atoms with Gasteiger partial charge in [0.05, 0.1) is 0 Å². The monoisotopic (exact) mass is 263 g/mol. The maximum Gasteiger partial charge on any atom is 0.250 e. The highest BCUT2D eigenvalue weighted by Crippen LogP contribution is 2.20. The van der Waals surface area contributed by atoms with Crippen LogP contribution in [0.2, 0.25) is 0 Å². The van der Waals surface area contributed by atoms with E-state index in [1.165, 1.54) is 11.3 Å². The van der Waals surface area contributed by atoms with E-state index in [0.717, 1.165) is 4.88 Å². The molecule has 0 saturated carbocycles. The molecule has 2 N–H and O–H groups in total. The third-order valence-electron chi connectivity index (χ3n) is 2.13. The number of hydrogen-bond donors (Lipinski definition) is 2. The van der Waals surface area contributed by atoms with E-state index in [2.05, 4.69) is 4.72 Å². The van der Waals surface area contributed by atoms with E-state index < -0.39 is 10.0 Å². The quantitative estimate of drug-likeness (QED) is 0.817. The lowest BCUT2D eigenvalue weighted by atomic mass is 10.2. The van der Waals surface area contributed by atoms with Gasteiger partial charge in [0, 0.05) is 17.5 Å². The first kappa shape index (κ1) is 13.6. The zero-order valence-corrected chi connectivity index (χ0v) is 11.1. The molecule has 0 radical (unpaired) electrons. The Morgan fingerprint density at radius 3 is 2.69 bits per heavy atom. The summed E-state index contributed by atoms with van der Waals surface area (Å²) < 4.78 is 26.7. The third kappa shape index (κ3) is 3.86. The van der Waals surface area contributed by atoms with Gasteiger partial charge in [0.2, 0.25) is 10.0 Å². The predicted octanol–water partition coefficient (Wildman–Crippen LogP) is 1.50. The van der Waals surface area contributed by atoms with Crippen molar-refractivity contribution < 1.29 is 13.5 Å². The highest BCUT2D eigenvalue weighted by molar-refractivity contribution is 7.91. The van der Waals surface area contributed by atoms with Gasteiger partial charge in [-0.05, 0) is 38.8 Å². The Labute approximate surface area is 100 Å². The molecule has 16 heavy (non-hydrogen) atoms. The summed E-state index contributed by atoms with van der Waals surface area (Å²) in [6, 6.07) is 3.25. The molecule has 1 aromatic rings. The van der Waals surface area contributed by atoms with Crippen molar-refractivity contribution in [3.05, 3.63) is 17.0 Å². The second kappa shape index (κ2) is 5.77. The Balaban J connectivity index is 2.65. The lowest BCUT2D eigenvalue weighted by Gasteiger charge is -2.12. The fourth-order valence-electron chi connectivity index (χ4n) is 1.34. The molecule has 0 bridgehead atoms. The van der Waals surface area contributed by atoms with E-state index in [4.69, 9.17) is 5.11 Å². The maximum atomic E-state index is 11.9. The van der Waals surface area contributed by atoms with Crippen LogP contribution in [0.15, 0.2) is 16.3 Å². The largest absolute Gasteiger partial charge is 0.396 e.